The van der Waals surface area contributed by atoms with E-state index in [2.05, 4.69) is 5.32 Å². The van der Waals surface area contributed by atoms with Crippen LogP contribution in [0.3, 0.4) is 0 Å². The second kappa shape index (κ2) is 9.65. The molecule has 1 saturated heterocycles. The summed E-state index contributed by atoms with van der Waals surface area (Å²) >= 11 is 0. The molecule has 0 aliphatic carbocycles. The number of para-hydroxylation sites is 1. The van der Waals surface area contributed by atoms with Crippen LogP contribution >= 0.6 is 0 Å². The van der Waals surface area contributed by atoms with Crippen molar-refractivity contribution >= 4 is 11.8 Å². The van der Waals surface area contributed by atoms with Crippen LogP contribution in [0, 0.1) is 11.6 Å². The Morgan fingerprint density at radius 2 is 1.94 bits per heavy atom. The van der Waals surface area contributed by atoms with Gasteiger partial charge < -0.3 is 19.7 Å². The van der Waals surface area contributed by atoms with E-state index in [9.17, 15) is 18.4 Å². The molecule has 170 valence electrons. The number of benzene rings is 2. The molecule has 2 aliphatic heterocycles. The Kier molecular flexibility index (Phi) is 6.69. The van der Waals surface area contributed by atoms with Crippen molar-refractivity contribution in [2.75, 3.05) is 32.8 Å². The van der Waals surface area contributed by atoms with Crippen molar-refractivity contribution < 1.29 is 27.8 Å². The summed E-state index contributed by atoms with van der Waals surface area (Å²) in [7, 11) is 0. The fourth-order valence-electron chi connectivity index (χ4n) is 4.26. The molecule has 2 aromatic carbocycles. The van der Waals surface area contributed by atoms with Crippen molar-refractivity contribution in [3.8, 4) is 5.75 Å². The maximum absolute atomic E-state index is 14.2. The maximum atomic E-state index is 14.2. The van der Waals surface area contributed by atoms with Crippen molar-refractivity contribution in [3.05, 3.63) is 65.2 Å². The van der Waals surface area contributed by atoms with E-state index < -0.39 is 23.1 Å². The zero-order valence-corrected chi connectivity index (χ0v) is 17.7. The summed E-state index contributed by atoms with van der Waals surface area (Å²) in [6.07, 6.45) is 2.71. The van der Waals surface area contributed by atoms with E-state index in [4.69, 9.17) is 9.47 Å². The number of carbonyl (C=O) groups excluding carboxylic acids is 2. The maximum Gasteiger partial charge on any atom is 0.257 e. The van der Waals surface area contributed by atoms with E-state index >= 15 is 0 Å². The zero-order valence-electron chi connectivity index (χ0n) is 17.7. The third kappa shape index (κ3) is 4.75. The number of halogens is 2. The number of aryl methyl sites for hydroxylation is 1. The summed E-state index contributed by atoms with van der Waals surface area (Å²) in [6, 6.07) is 10.6. The van der Waals surface area contributed by atoms with Crippen LogP contribution < -0.4 is 10.1 Å². The molecule has 1 N–H and O–H groups in total. The normalized spacial score (nSPS) is 22.2. The van der Waals surface area contributed by atoms with Gasteiger partial charge in [0.25, 0.3) is 11.8 Å². The summed E-state index contributed by atoms with van der Waals surface area (Å²) < 4.78 is 39.6. The van der Waals surface area contributed by atoms with E-state index in [0.717, 1.165) is 42.4 Å². The van der Waals surface area contributed by atoms with E-state index in [1.807, 2.05) is 24.3 Å². The van der Waals surface area contributed by atoms with Gasteiger partial charge >= 0.3 is 0 Å². The highest BCUT2D eigenvalue weighted by Crippen LogP contribution is 2.28. The van der Waals surface area contributed by atoms with Gasteiger partial charge in [0.05, 0.1) is 25.3 Å². The van der Waals surface area contributed by atoms with Gasteiger partial charge in [-0.3, -0.25) is 9.59 Å². The number of amides is 2. The fraction of sp³-hybridized carbons (Fsp3) is 0.417. The number of nitrogens with one attached hydrogen (secondary N) is 1. The Bertz CT molecular complexity index is 1000. The van der Waals surface area contributed by atoms with Crippen LogP contribution in [0.4, 0.5) is 8.78 Å². The lowest BCUT2D eigenvalue weighted by molar-refractivity contribution is -0.159. The minimum atomic E-state index is -1.24. The summed E-state index contributed by atoms with van der Waals surface area (Å²) in [6.45, 7) is 0.890. The molecule has 2 aromatic rings. The topological polar surface area (TPSA) is 67.9 Å². The second-order valence-corrected chi connectivity index (χ2v) is 8.11. The Balaban J connectivity index is 1.52. The van der Waals surface area contributed by atoms with Gasteiger partial charge in [0.1, 0.15) is 24.0 Å². The molecule has 1 unspecified atom stereocenters. The highest BCUT2D eigenvalue weighted by Gasteiger charge is 2.44. The lowest BCUT2D eigenvalue weighted by atomic mass is 9.91. The van der Waals surface area contributed by atoms with Gasteiger partial charge in [-0.15, -0.1) is 0 Å². The Labute approximate surface area is 185 Å². The number of rotatable bonds is 1. The summed E-state index contributed by atoms with van der Waals surface area (Å²) in [4.78, 5) is 27.4. The van der Waals surface area contributed by atoms with Crippen LogP contribution in [0.2, 0.25) is 0 Å². The monoisotopic (exact) mass is 444 g/mol. The minimum absolute atomic E-state index is 0.0228. The molecule has 1 atom stereocenters. The summed E-state index contributed by atoms with van der Waals surface area (Å²) in [5.41, 5.74) is -0.479. The smallest absolute Gasteiger partial charge is 0.257 e. The first kappa shape index (κ1) is 22.2. The summed E-state index contributed by atoms with van der Waals surface area (Å²) in [5, 5.41) is 2.85. The molecule has 0 aromatic heterocycles. The first-order chi connectivity index (χ1) is 15.5. The average Bonchev–Trinajstić information content (AvgIpc) is 2.80. The molecule has 4 rings (SSSR count). The van der Waals surface area contributed by atoms with Gasteiger partial charge in [0.2, 0.25) is 0 Å². The van der Waals surface area contributed by atoms with E-state index in [0.29, 0.717) is 19.4 Å². The number of morpholine rings is 1. The van der Waals surface area contributed by atoms with Crippen molar-refractivity contribution in [2.45, 2.75) is 31.3 Å². The van der Waals surface area contributed by atoms with Crippen LogP contribution in [-0.4, -0.2) is 55.2 Å². The predicted octanol–water partition coefficient (Wildman–Crippen LogP) is 3.10. The molecule has 2 heterocycles. The van der Waals surface area contributed by atoms with E-state index in [1.165, 1.54) is 4.90 Å². The van der Waals surface area contributed by atoms with E-state index in [1.54, 1.807) is 0 Å². The molecule has 1 fully saturated rings. The highest BCUT2D eigenvalue weighted by molar-refractivity contribution is 5.95. The van der Waals surface area contributed by atoms with Gasteiger partial charge in [-0.05, 0) is 55.5 Å². The van der Waals surface area contributed by atoms with Gasteiger partial charge in [-0.25, -0.2) is 8.78 Å². The Morgan fingerprint density at radius 3 is 2.81 bits per heavy atom. The third-order valence-corrected chi connectivity index (χ3v) is 5.94. The van der Waals surface area contributed by atoms with Gasteiger partial charge in [0, 0.05) is 6.54 Å². The van der Waals surface area contributed by atoms with Crippen molar-refractivity contribution in [2.24, 2.45) is 0 Å². The first-order valence-corrected chi connectivity index (χ1v) is 10.9. The molecular formula is C24H26F2N2O4. The number of nitrogens with zero attached hydrogens (tertiary/aromatic N) is 1. The van der Waals surface area contributed by atoms with E-state index in [-0.39, 0.29) is 37.7 Å². The predicted molar refractivity (Wildman–Crippen MR) is 113 cm³/mol. The quantitative estimate of drug-likeness (QED) is 0.734. The molecule has 6 nitrogen and oxygen atoms in total. The average molecular weight is 444 g/mol. The molecular weight excluding hydrogens is 418 g/mol. The van der Waals surface area contributed by atoms with Gasteiger partial charge in [-0.1, -0.05) is 18.2 Å². The molecule has 8 heteroatoms. The molecule has 2 amide bonds. The first-order valence-electron chi connectivity index (χ1n) is 10.9. The summed E-state index contributed by atoms with van der Waals surface area (Å²) in [5.74, 6) is -1.65. The molecule has 1 spiro atoms. The molecule has 0 bridgehead atoms. The van der Waals surface area contributed by atoms with Crippen molar-refractivity contribution in [1.82, 2.24) is 10.2 Å². The van der Waals surface area contributed by atoms with Crippen LogP contribution in [0.25, 0.3) is 0 Å². The zero-order chi connectivity index (χ0) is 22.6. The third-order valence-electron chi connectivity index (χ3n) is 5.94. The second-order valence-electron chi connectivity index (χ2n) is 8.11. The standard InChI is InChI=1S/C24H26F2N2O4/c25-18-8-9-20(26)19(15-18)22(29)28-12-14-32-24(16-28)10-4-3-6-17-5-1-2-7-21(17)31-13-11-27-23(24)30/h1-2,5,7-9,15H,3-4,6,10-14,16H2,(H,27,30). The molecule has 32 heavy (non-hydrogen) atoms. The lowest BCUT2D eigenvalue weighted by Gasteiger charge is -2.42. The van der Waals surface area contributed by atoms with Crippen LogP contribution in [0.1, 0.15) is 35.2 Å². The number of hydrogen-bond acceptors (Lipinski definition) is 4. The number of ether oxygens (including phenoxy) is 2. The minimum Gasteiger partial charge on any atom is -0.491 e. The number of fused-ring (bicyclic) bond motifs is 1. The highest BCUT2D eigenvalue weighted by atomic mass is 19.1. The largest absolute Gasteiger partial charge is 0.491 e. The molecule has 0 radical (unpaired) electrons. The number of carbonyl (C=O) groups is 2. The van der Waals surface area contributed by atoms with Crippen LogP contribution in [-0.2, 0) is 16.0 Å². The van der Waals surface area contributed by atoms with Gasteiger partial charge in [0.15, 0.2) is 5.60 Å². The SMILES string of the molecule is O=C(c1cc(F)ccc1F)N1CCOC2(CCCCc3ccccc3OCCNC2=O)C1. The lowest BCUT2D eigenvalue weighted by Crippen LogP contribution is -2.61. The molecule has 2 aliphatic rings. The van der Waals surface area contributed by atoms with Crippen LogP contribution in [0.15, 0.2) is 42.5 Å². The number of hydrogen-bond donors (Lipinski definition) is 1. The molecule has 0 saturated carbocycles. The van der Waals surface area contributed by atoms with Crippen molar-refractivity contribution in [3.63, 3.8) is 0 Å². The Hall–Kier alpha value is -3.00. The Morgan fingerprint density at radius 1 is 1.09 bits per heavy atom. The van der Waals surface area contributed by atoms with Crippen molar-refractivity contribution in [1.29, 1.82) is 0 Å². The fourth-order valence-corrected chi connectivity index (χ4v) is 4.26. The van der Waals surface area contributed by atoms with Gasteiger partial charge in [-0.2, -0.15) is 0 Å². The van der Waals surface area contributed by atoms with Crippen LogP contribution in [0.5, 0.6) is 5.75 Å².